The van der Waals surface area contributed by atoms with Gasteiger partial charge in [-0.2, -0.15) is 13.2 Å². The van der Waals surface area contributed by atoms with Crippen molar-refractivity contribution < 1.29 is 13.2 Å². The van der Waals surface area contributed by atoms with Gasteiger partial charge in [-0.05, 0) is 48.9 Å². The minimum atomic E-state index is -4.27. The quantitative estimate of drug-likeness (QED) is 0.821. The highest BCUT2D eigenvalue weighted by molar-refractivity contribution is 6.17. The van der Waals surface area contributed by atoms with E-state index in [2.05, 4.69) is 12.2 Å². The van der Waals surface area contributed by atoms with Crippen molar-refractivity contribution in [2.75, 3.05) is 12.4 Å². The predicted octanol–water partition coefficient (Wildman–Crippen LogP) is 4.20. The average molecular weight is 318 g/mol. The van der Waals surface area contributed by atoms with Crippen LogP contribution in [0.4, 0.5) is 13.2 Å². The topological polar surface area (TPSA) is 12.0 Å². The number of rotatable bonds is 4. The lowest BCUT2D eigenvalue weighted by Crippen LogP contribution is -2.40. The number of piperidine rings is 1. The Morgan fingerprint density at radius 1 is 1.33 bits per heavy atom. The maximum Gasteiger partial charge on any atom is 0.416 e. The lowest BCUT2D eigenvalue weighted by atomic mass is 9.80. The normalized spacial score (nSPS) is 32.8. The van der Waals surface area contributed by atoms with E-state index in [4.69, 9.17) is 11.6 Å². The first-order valence-corrected chi connectivity index (χ1v) is 7.90. The predicted molar refractivity (Wildman–Crippen MR) is 77.5 cm³/mol. The van der Waals surface area contributed by atoms with Crippen LogP contribution in [0.5, 0.6) is 0 Å². The summed E-state index contributed by atoms with van der Waals surface area (Å²) < 4.78 is 38.0. The molecule has 1 aliphatic carbocycles. The van der Waals surface area contributed by atoms with Crippen molar-refractivity contribution in [1.82, 2.24) is 5.32 Å². The molecule has 2 unspecified atom stereocenters. The molecule has 4 atom stereocenters. The van der Waals surface area contributed by atoms with Crippen molar-refractivity contribution in [2.45, 2.75) is 37.4 Å². The largest absolute Gasteiger partial charge is 0.416 e. The molecule has 1 saturated heterocycles. The zero-order chi connectivity index (χ0) is 15.3. The maximum absolute atomic E-state index is 12.7. The number of hydrogen-bond acceptors (Lipinski definition) is 1. The highest BCUT2D eigenvalue weighted by Crippen LogP contribution is 2.61. The first-order chi connectivity index (χ1) is 9.89. The molecule has 2 aliphatic rings. The monoisotopic (exact) mass is 317 g/mol. The molecule has 116 valence electrons. The highest BCUT2D eigenvalue weighted by Gasteiger charge is 2.64. The van der Waals surface area contributed by atoms with Crippen molar-refractivity contribution >= 4 is 11.6 Å². The van der Waals surface area contributed by atoms with Gasteiger partial charge in [-0.1, -0.05) is 19.1 Å². The van der Waals surface area contributed by atoms with E-state index in [0.717, 1.165) is 24.9 Å². The van der Waals surface area contributed by atoms with Gasteiger partial charge in [-0.15, -0.1) is 11.6 Å². The molecule has 1 N–H and O–H groups in total. The Morgan fingerprint density at radius 2 is 2.00 bits per heavy atom. The fourth-order valence-electron chi connectivity index (χ4n) is 3.99. The van der Waals surface area contributed by atoms with Crippen LogP contribution in [0.25, 0.3) is 0 Å². The molecule has 0 radical (unpaired) electrons. The molecule has 1 nitrogen and oxygen atoms in total. The molecule has 1 saturated carbocycles. The van der Waals surface area contributed by atoms with Crippen LogP contribution in [0.1, 0.15) is 30.9 Å². The molecule has 0 bridgehead atoms. The van der Waals surface area contributed by atoms with E-state index in [9.17, 15) is 13.2 Å². The smallest absolute Gasteiger partial charge is 0.313 e. The maximum atomic E-state index is 12.7. The molecule has 1 aliphatic heterocycles. The minimum absolute atomic E-state index is 0.0234. The molecule has 0 amide bonds. The molecule has 21 heavy (non-hydrogen) atoms. The van der Waals surface area contributed by atoms with Crippen LogP contribution < -0.4 is 5.32 Å². The minimum Gasteiger partial charge on any atom is -0.313 e. The first-order valence-electron chi connectivity index (χ1n) is 7.36. The van der Waals surface area contributed by atoms with Gasteiger partial charge >= 0.3 is 6.18 Å². The van der Waals surface area contributed by atoms with Crippen molar-refractivity contribution in [3.63, 3.8) is 0 Å². The second-order valence-corrected chi connectivity index (χ2v) is 6.74. The highest BCUT2D eigenvalue weighted by atomic mass is 35.5. The number of alkyl halides is 4. The summed E-state index contributed by atoms with van der Waals surface area (Å²) in [6, 6.07) is 6.06. The average Bonchev–Trinajstić information content (AvgIpc) is 3.04. The summed E-state index contributed by atoms with van der Waals surface area (Å²) in [4.78, 5) is 0. The fourth-order valence-corrected chi connectivity index (χ4v) is 4.33. The summed E-state index contributed by atoms with van der Waals surface area (Å²) >= 11 is 5.85. The zero-order valence-corrected chi connectivity index (χ0v) is 12.6. The van der Waals surface area contributed by atoms with Gasteiger partial charge in [0, 0.05) is 17.3 Å². The Labute approximate surface area is 127 Å². The van der Waals surface area contributed by atoms with Crippen LogP contribution in [0.15, 0.2) is 24.3 Å². The van der Waals surface area contributed by atoms with Gasteiger partial charge in [-0.3, -0.25) is 0 Å². The summed E-state index contributed by atoms with van der Waals surface area (Å²) in [6.45, 7) is 3.13. The van der Waals surface area contributed by atoms with Crippen molar-refractivity contribution in [1.29, 1.82) is 0 Å². The van der Waals surface area contributed by atoms with Crippen LogP contribution in [-0.2, 0) is 11.6 Å². The molecule has 1 heterocycles. The van der Waals surface area contributed by atoms with E-state index in [1.54, 1.807) is 12.1 Å². The van der Waals surface area contributed by atoms with Gasteiger partial charge < -0.3 is 5.32 Å². The molecule has 2 fully saturated rings. The molecule has 1 aromatic carbocycles. The van der Waals surface area contributed by atoms with E-state index < -0.39 is 11.7 Å². The first kappa shape index (κ1) is 15.2. The van der Waals surface area contributed by atoms with Crippen LogP contribution >= 0.6 is 11.6 Å². The van der Waals surface area contributed by atoms with E-state index in [0.29, 0.717) is 23.8 Å². The van der Waals surface area contributed by atoms with Gasteiger partial charge in [0.05, 0.1) is 5.56 Å². The summed E-state index contributed by atoms with van der Waals surface area (Å²) in [5.41, 5.74) is 0.489. The zero-order valence-electron chi connectivity index (χ0n) is 11.9. The van der Waals surface area contributed by atoms with Crippen LogP contribution in [0.3, 0.4) is 0 Å². The van der Waals surface area contributed by atoms with Gasteiger partial charge in [0.25, 0.3) is 0 Å². The molecule has 0 spiro atoms. The number of benzene rings is 1. The lowest BCUT2D eigenvalue weighted by molar-refractivity contribution is -0.137. The second kappa shape index (κ2) is 5.17. The fraction of sp³-hybridized carbons (Fsp3) is 0.625. The summed E-state index contributed by atoms with van der Waals surface area (Å²) in [7, 11) is 0. The summed E-state index contributed by atoms with van der Waals surface area (Å²) in [5.74, 6) is 1.60. The molecule has 1 aromatic rings. The Morgan fingerprint density at radius 3 is 2.52 bits per heavy atom. The lowest BCUT2D eigenvalue weighted by Gasteiger charge is -2.29. The molecule has 3 rings (SSSR count). The Hall–Kier alpha value is -0.740. The van der Waals surface area contributed by atoms with E-state index in [1.165, 1.54) is 12.1 Å². The number of fused-ring (bicyclic) bond motifs is 1. The summed E-state index contributed by atoms with van der Waals surface area (Å²) in [5, 5.41) is 3.54. The third-order valence-electron chi connectivity index (χ3n) is 5.17. The van der Waals surface area contributed by atoms with Crippen molar-refractivity contribution in [3.8, 4) is 0 Å². The van der Waals surface area contributed by atoms with Crippen LogP contribution in [-0.4, -0.2) is 18.5 Å². The van der Waals surface area contributed by atoms with Gasteiger partial charge in [0.1, 0.15) is 0 Å². The van der Waals surface area contributed by atoms with Crippen LogP contribution in [0.2, 0.25) is 0 Å². The van der Waals surface area contributed by atoms with E-state index >= 15 is 0 Å². The van der Waals surface area contributed by atoms with E-state index in [-0.39, 0.29) is 5.41 Å². The van der Waals surface area contributed by atoms with Gasteiger partial charge in [-0.25, -0.2) is 0 Å². The van der Waals surface area contributed by atoms with Crippen molar-refractivity contribution in [3.05, 3.63) is 35.4 Å². The Kier molecular flexibility index (Phi) is 3.73. The van der Waals surface area contributed by atoms with E-state index in [1.807, 2.05) is 0 Å². The van der Waals surface area contributed by atoms with Gasteiger partial charge in [0.2, 0.25) is 0 Å². The number of nitrogens with one attached hydrogen (secondary N) is 1. The molecular weight excluding hydrogens is 299 g/mol. The third kappa shape index (κ3) is 2.46. The Balaban J connectivity index is 1.86. The van der Waals surface area contributed by atoms with Crippen LogP contribution in [0, 0.1) is 11.8 Å². The third-order valence-corrected chi connectivity index (χ3v) is 5.39. The van der Waals surface area contributed by atoms with Gasteiger partial charge in [0.15, 0.2) is 0 Å². The summed E-state index contributed by atoms with van der Waals surface area (Å²) in [6.07, 6.45) is -2.27. The molecule has 5 heteroatoms. The second-order valence-electron chi connectivity index (χ2n) is 6.36. The number of hydrogen-bond donors (Lipinski definition) is 1. The molecule has 0 aromatic heterocycles. The Bertz CT molecular complexity index is 513. The molecular formula is C16H19ClF3N. The SMILES string of the molecule is CC(CCCl)C1NC[C@@H]2C[C@]12c1ccc(C(F)(F)F)cc1. The standard InChI is InChI=1S/C16H19ClF3N/c1-10(6-7-17)14-15(8-13(15)9-21-14)11-2-4-12(5-3-11)16(18,19)20/h2-5,10,13-14,21H,6-9H2,1H3/t10?,13-,14?,15+/m0/s1. The van der Waals surface area contributed by atoms with Crippen molar-refractivity contribution in [2.24, 2.45) is 11.8 Å². The number of halogens is 4.